The summed E-state index contributed by atoms with van der Waals surface area (Å²) in [4.78, 5) is 2.35. The number of hydrogen-bond acceptors (Lipinski definition) is 3. The van der Waals surface area contributed by atoms with Crippen molar-refractivity contribution < 1.29 is 0 Å². The Morgan fingerprint density at radius 3 is 2.50 bits per heavy atom. The lowest BCUT2D eigenvalue weighted by molar-refractivity contribution is 0.238. The largest absolute Gasteiger partial charge is 0.314 e. The van der Waals surface area contributed by atoms with Crippen LogP contribution in [0.15, 0.2) is 0 Å². The van der Waals surface area contributed by atoms with Gasteiger partial charge in [0.15, 0.2) is 0 Å². The Bertz CT molecular complexity index is 210. The molecule has 0 aromatic carbocycles. The molecule has 1 aliphatic heterocycles. The second-order valence-electron chi connectivity index (χ2n) is 6.59. The summed E-state index contributed by atoms with van der Waals surface area (Å²) in [6, 6.07) is 2.02. The molecule has 3 unspecified atom stereocenters. The molecule has 0 bridgehead atoms. The molecule has 108 valence electrons. The maximum Gasteiger partial charge on any atom is 0.0217 e. The smallest absolute Gasteiger partial charge is 0.0217 e. The van der Waals surface area contributed by atoms with E-state index >= 15 is 0 Å². The van der Waals surface area contributed by atoms with Crippen molar-refractivity contribution in [3.05, 3.63) is 0 Å². The molecule has 3 atom stereocenters. The third kappa shape index (κ3) is 6.17. The van der Waals surface area contributed by atoms with E-state index in [4.69, 9.17) is 0 Å². The number of nitrogens with one attached hydrogen (secondary N) is 2. The molecule has 0 saturated carbocycles. The second kappa shape index (κ2) is 8.13. The van der Waals surface area contributed by atoms with Gasteiger partial charge < -0.3 is 15.5 Å². The van der Waals surface area contributed by atoms with Gasteiger partial charge >= 0.3 is 0 Å². The monoisotopic (exact) mass is 255 g/mol. The Balaban J connectivity index is 2.23. The molecule has 3 heteroatoms. The highest BCUT2D eigenvalue weighted by Gasteiger charge is 2.18. The van der Waals surface area contributed by atoms with Crippen molar-refractivity contribution in [2.24, 2.45) is 5.92 Å². The topological polar surface area (TPSA) is 27.3 Å². The summed E-state index contributed by atoms with van der Waals surface area (Å²) in [5.41, 5.74) is 0. The first-order valence-corrected chi connectivity index (χ1v) is 7.62. The van der Waals surface area contributed by atoms with E-state index in [0.717, 1.165) is 18.5 Å². The van der Waals surface area contributed by atoms with Crippen molar-refractivity contribution in [1.82, 2.24) is 15.5 Å². The number of likely N-dealkylation sites (N-methyl/N-ethyl adjacent to an activating group) is 1. The molecule has 1 rings (SSSR count). The molecule has 0 aromatic heterocycles. The van der Waals surface area contributed by atoms with Crippen LogP contribution in [0.3, 0.4) is 0 Å². The molecule has 0 aromatic rings. The van der Waals surface area contributed by atoms with Gasteiger partial charge in [0, 0.05) is 24.7 Å². The normalized spacial score (nSPS) is 23.8. The van der Waals surface area contributed by atoms with Gasteiger partial charge in [-0.1, -0.05) is 13.8 Å². The van der Waals surface area contributed by atoms with Crippen LogP contribution in [0.25, 0.3) is 0 Å². The van der Waals surface area contributed by atoms with Crippen molar-refractivity contribution in [2.45, 2.75) is 64.6 Å². The van der Waals surface area contributed by atoms with Gasteiger partial charge in [-0.2, -0.15) is 0 Å². The van der Waals surface area contributed by atoms with Gasteiger partial charge in [0.2, 0.25) is 0 Å². The van der Waals surface area contributed by atoms with Crippen molar-refractivity contribution in [2.75, 3.05) is 27.2 Å². The maximum absolute atomic E-state index is 3.71. The van der Waals surface area contributed by atoms with Crippen LogP contribution in [-0.2, 0) is 0 Å². The Labute approximate surface area is 114 Å². The van der Waals surface area contributed by atoms with Gasteiger partial charge in [-0.15, -0.1) is 0 Å². The molecule has 1 fully saturated rings. The highest BCUT2D eigenvalue weighted by molar-refractivity contribution is 4.80. The van der Waals surface area contributed by atoms with Crippen molar-refractivity contribution in [1.29, 1.82) is 0 Å². The van der Waals surface area contributed by atoms with E-state index in [-0.39, 0.29) is 0 Å². The van der Waals surface area contributed by atoms with Gasteiger partial charge in [-0.3, -0.25) is 0 Å². The molecule has 3 nitrogen and oxygen atoms in total. The number of hydrogen-bond donors (Lipinski definition) is 2. The fraction of sp³-hybridized carbons (Fsp3) is 1.00. The highest BCUT2D eigenvalue weighted by Crippen LogP contribution is 2.12. The minimum Gasteiger partial charge on any atom is -0.314 e. The summed E-state index contributed by atoms with van der Waals surface area (Å²) < 4.78 is 0. The summed E-state index contributed by atoms with van der Waals surface area (Å²) in [6.45, 7) is 9.26. The maximum atomic E-state index is 3.71. The fourth-order valence-electron chi connectivity index (χ4n) is 2.83. The summed E-state index contributed by atoms with van der Waals surface area (Å²) >= 11 is 0. The van der Waals surface area contributed by atoms with E-state index in [2.05, 4.69) is 50.4 Å². The van der Waals surface area contributed by atoms with Crippen LogP contribution in [0, 0.1) is 5.92 Å². The molecule has 0 aliphatic carbocycles. The first kappa shape index (κ1) is 15.9. The predicted molar refractivity (Wildman–Crippen MR) is 80.0 cm³/mol. The highest BCUT2D eigenvalue weighted by atomic mass is 15.1. The summed E-state index contributed by atoms with van der Waals surface area (Å²) in [5.74, 6) is 0.769. The summed E-state index contributed by atoms with van der Waals surface area (Å²) in [5, 5.41) is 7.29. The Hall–Kier alpha value is -0.120. The Kier molecular flexibility index (Phi) is 7.20. The lowest BCUT2D eigenvalue weighted by Gasteiger charge is -2.28. The lowest BCUT2D eigenvalue weighted by Crippen LogP contribution is -2.43. The fourth-order valence-corrected chi connectivity index (χ4v) is 2.83. The van der Waals surface area contributed by atoms with Gasteiger partial charge in [-0.25, -0.2) is 0 Å². The van der Waals surface area contributed by atoms with E-state index in [1.807, 2.05) is 0 Å². The molecule has 1 aliphatic rings. The average Bonchev–Trinajstić information content (AvgIpc) is 2.76. The first-order chi connectivity index (χ1) is 8.49. The summed E-state index contributed by atoms with van der Waals surface area (Å²) in [6.07, 6.45) is 5.25. The van der Waals surface area contributed by atoms with Crippen LogP contribution >= 0.6 is 0 Å². The minimum absolute atomic E-state index is 0.621. The average molecular weight is 255 g/mol. The zero-order valence-corrected chi connectivity index (χ0v) is 13.0. The zero-order valence-electron chi connectivity index (χ0n) is 13.0. The van der Waals surface area contributed by atoms with Crippen LogP contribution < -0.4 is 10.6 Å². The van der Waals surface area contributed by atoms with E-state index in [1.54, 1.807) is 0 Å². The molecular weight excluding hydrogens is 222 g/mol. The van der Waals surface area contributed by atoms with Crippen LogP contribution in [0.2, 0.25) is 0 Å². The SMILES string of the molecule is CC(C)CC(CNC(C)CC1CCCN1)N(C)C. The molecule has 1 heterocycles. The minimum atomic E-state index is 0.621. The number of rotatable bonds is 8. The summed E-state index contributed by atoms with van der Waals surface area (Å²) in [7, 11) is 4.38. The van der Waals surface area contributed by atoms with E-state index < -0.39 is 0 Å². The van der Waals surface area contributed by atoms with Gasteiger partial charge in [0.1, 0.15) is 0 Å². The number of nitrogens with zero attached hydrogens (tertiary/aromatic N) is 1. The molecule has 2 N–H and O–H groups in total. The van der Waals surface area contributed by atoms with Crippen molar-refractivity contribution >= 4 is 0 Å². The molecule has 18 heavy (non-hydrogen) atoms. The first-order valence-electron chi connectivity index (χ1n) is 7.62. The molecular formula is C15H33N3. The van der Waals surface area contributed by atoms with Crippen LogP contribution in [0.4, 0.5) is 0 Å². The predicted octanol–water partition coefficient (Wildman–Crippen LogP) is 2.08. The van der Waals surface area contributed by atoms with Gasteiger partial charge in [0.05, 0.1) is 0 Å². The van der Waals surface area contributed by atoms with E-state index in [0.29, 0.717) is 12.1 Å². The van der Waals surface area contributed by atoms with Gasteiger partial charge in [-0.05, 0) is 59.2 Å². The van der Waals surface area contributed by atoms with Crippen LogP contribution in [0.1, 0.15) is 46.5 Å². The third-order valence-electron chi connectivity index (χ3n) is 3.98. The quantitative estimate of drug-likeness (QED) is 0.695. The van der Waals surface area contributed by atoms with E-state index in [9.17, 15) is 0 Å². The van der Waals surface area contributed by atoms with Gasteiger partial charge in [0.25, 0.3) is 0 Å². The lowest BCUT2D eigenvalue weighted by atomic mass is 10.0. The van der Waals surface area contributed by atoms with Crippen LogP contribution in [-0.4, -0.2) is 50.2 Å². The standard InChI is InChI=1S/C15H33N3/c1-12(2)9-15(18(4)5)11-17-13(3)10-14-7-6-8-16-14/h12-17H,6-11H2,1-5H3. The molecule has 0 amide bonds. The van der Waals surface area contributed by atoms with E-state index in [1.165, 1.54) is 32.2 Å². The molecule has 0 spiro atoms. The van der Waals surface area contributed by atoms with Crippen molar-refractivity contribution in [3.63, 3.8) is 0 Å². The second-order valence-corrected chi connectivity index (χ2v) is 6.59. The zero-order chi connectivity index (χ0) is 13.5. The van der Waals surface area contributed by atoms with Crippen LogP contribution in [0.5, 0.6) is 0 Å². The molecule has 0 radical (unpaired) electrons. The molecule has 1 saturated heterocycles. The Morgan fingerprint density at radius 1 is 1.28 bits per heavy atom. The third-order valence-corrected chi connectivity index (χ3v) is 3.98. The Morgan fingerprint density at radius 2 is 2.00 bits per heavy atom. The van der Waals surface area contributed by atoms with Crippen molar-refractivity contribution in [3.8, 4) is 0 Å².